The van der Waals surface area contributed by atoms with Crippen LogP contribution in [0.1, 0.15) is 31.2 Å². The predicted octanol–water partition coefficient (Wildman–Crippen LogP) is 4.02. The maximum atomic E-state index is 12.7. The normalized spacial score (nSPS) is 27.9. The van der Waals surface area contributed by atoms with Gasteiger partial charge in [-0.1, -0.05) is 24.3 Å². The molecule has 2 bridgehead atoms. The fourth-order valence-corrected chi connectivity index (χ4v) is 5.54. The van der Waals surface area contributed by atoms with Crippen LogP contribution in [0.4, 0.5) is 0 Å². The summed E-state index contributed by atoms with van der Waals surface area (Å²) in [5.41, 5.74) is 2.07. The van der Waals surface area contributed by atoms with Gasteiger partial charge in [-0.05, 0) is 37.3 Å². The lowest BCUT2D eigenvalue weighted by Crippen LogP contribution is -2.26. The van der Waals surface area contributed by atoms with E-state index >= 15 is 0 Å². The lowest BCUT2D eigenvalue weighted by molar-refractivity contribution is -0.122. The van der Waals surface area contributed by atoms with Crippen LogP contribution in [0.25, 0.3) is 10.9 Å². The molecule has 21 heavy (non-hydrogen) atoms. The van der Waals surface area contributed by atoms with Gasteiger partial charge in [0.15, 0.2) is 0 Å². The minimum Gasteiger partial charge on any atom is -0.299 e. The van der Waals surface area contributed by atoms with Crippen molar-refractivity contribution in [1.82, 2.24) is 4.98 Å². The summed E-state index contributed by atoms with van der Waals surface area (Å²) in [5.74, 6) is 0.702. The number of hydrogen-bond donors (Lipinski definition) is 0. The maximum absolute atomic E-state index is 12.7. The van der Waals surface area contributed by atoms with Gasteiger partial charge in [-0.25, -0.2) is 0 Å². The summed E-state index contributed by atoms with van der Waals surface area (Å²) in [5, 5.41) is 2.61. The van der Waals surface area contributed by atoms with E-state index in [1.165, 1.54) is 12.8 Å². The van der Waals surface area contributed by atoms with E-state index in [0.717, 1.165) is 39.8 Å². The van der Waals surface area contributed by atoms with Gasteiger partial charge < -0.3 is 0 Å². The second-order valence-corrected chi connectivity index (χ2v) is 7.87. The van der Waals surface area contributed by atoms with Crippen LogP contribution in [0.2, 0.25) is 0 Å². The summed E-state index contributed by atoms with van der Waals surface area (Å²) in [7, 11) is 0. The van der Waals surface area contributed by atoms with Crippen molar-refractivity contribution < 1.29 is 4.79 Å². The van der Waals surface area contributed by atoms with Crippen molar-refractivity contribution in [3.8, 4) is 0 Å². The quantitative estimate of drug-likeness (QED) is 0.857. The van der Waals surface area contributed by atoms with E-state index in [4.69, 9.17) is 0 Å². The molecule has 3 heterocycles. The first-order valence-electron chi connectivity index (χ1n) is 7.80. The molecule has 2 nitrogen and oxygen atoms in total. The number of benzene rings is 1. The summed E-state index contributed by atoms with van der Waals surface area (Å²) >= 11 is 2.12. The van der Waals surface area contributed by atoms with E-state index in [-0.39, 0.29) is 5.92 Å². The third kappa shape index (κ3) is 2.59. The molecule has 2 aliphatic rings. The summed E-state index contributed by atoms with van der Waals surface area (Å²) in [4.78, 5) is 17.2. The van der Waals surface area contributed by atoms with Crippen LogP contribution in [0, 0.1) is 5.92 Å². The number of para-hydroxylation sites is 1. The fourth-order valence-electron chi connectivity index (χ4n) is 3.76. The molecule has 0 aliphatic carbocycles. The number of carbonyl (C=O) groups excluding carboxylic acids is 1. The lowest BCUT2D eigenvalue weighted by atomic mass is 9.90. The van der Waals surface area contributed by atoms with Crippen molar-refractivity contribution in [2.75, 3.05) is 0 Å². The number of thioether (sulfide) groups is 1. The largest absolute Gasteiger partial charge is 0.299 e. The lowest BCUT2D eigenvalue weighted by Gasteiger charge is -2.26. The first-order chi connectivity index (χ1) is 10.3. The Bertz CT molecular complexity index is 666. The SMILES string of the molecule is O=C(Cc1cccc2cccnc12)C1CC2CCC(C1)S2. The average Bonchev–Trinajstić information content (AvgIpc) is 2.86. The van der Waals surface area contributed by atoms with Crippen LogP contribution < -0.4 is 0 Å². The van der Waals surface area contributed by atoms with E-state index in [1.807, 2.05) is 18.3 Å². The van der Waals surface area contributed by atoms with E-state index in [2.05, 4.69) is 34.9 Å². The van der Waals surface area contributed by atoms with Crippen molar-refractivity contribution in [2.24, 2.45) is 5.92 Å². The van der Waals surface area contributed by atoms with E-state index in [0.29, 0.717) is 12.2 Å². The van der Waals surface area contributed by atoms with Crippen molar-refractivity contribution in [1.29, 1.82) is 0 Å². The van der Waals surface area contributed by atoms with Gasteiger partial charge in [-0.3, -0.25) is 9.78 Å². The minimum atomic E-state index is 0.280. The number of rotatable bonds is 3. The molecule has 108 valence electrons. The van der Waals surface area contributed by atoms with Gasteiger partial charge in [-0.2, -0.15) is 11.8 Å². The van der Waals surface area contributed by atoms with Gasteiger partial charge in [0.1, 0.15) is 5.78 Å². The Labute approximate surface area is 129 Å². The van der Waals surface area contributed by atoms with Crippen molar-refractivity contribution >= 4 is 28.4 Å². The molecule has 2 unspecified atom stereocenters. The molecule has 1 aromatic carbocycles. The van der Waals surface area contributed by atoms with Gasteiger partial charge in [0.2, 0.25) is 0 Å². The molecule has 4 rings (SSSR count). The van der Waals surface area contributed by atoms with Crippen LogP contribution in [-0.4, -0.2) is 21.3 Å². The third-order valence-electron chi connectivity index (χ3n) is 4.83. The van der Waals surface area contributed by atoms with Gasteiger partial charge >= 0.3 is 0 Å². The first-order valence-corrected chi connectivity index (χ1v) is 8.74. The topological polar surface area (TPSA) is 30.0 Å². The second kappa shape index (κ2) is 5.45. The minimum absolute atomic E-state index is 0.280. The number of hydrogen-bond acceptors (Lipinski definition) is 3. The molecule has 2 aliphatic heterocycles. The first kappa shape index (κ1) is 13.3. The Morgan fingerprint density at radius 2 is 1.90 bits per heavy atom. The highest BCUT2D eigenvalue weighted by molar-refractivity contribution is 8.00. The summed E-state index contributed by atoms with van der Waals surface area (Å²) in [6.45, 7) is 0. The third-order valence-corrected chi connectivity index (χ3v) is 6.45. The number of fused-ring (bicyclic) bond motifs is 3. The molecular formula is C18H19NOS. The zero-order chi connectivity index (χ0) is 14.2. The molecule has 1 aromatic heterocycles. The highest BCUT2D eigenvalue weighted by Crippen LogP contribution is 2.46. The number of nitrogens with zero attached hydrogens (tertiary/aromatic N) is 1. The smallest absolute Gasteiger partial charge is 0.140 e. The van der Waals surface area contributed by atoms with Crippen molar-refractivity contribution in [3.05, 3.63) is 42.1 Å². The molecule has 0 radical (unpaired) electrons. The van der Waals surface area contributed by atoms with Crippen LogP contribution in [0.15, 0.2) is 36.5 Å². The molecule has 0 N–H and O–H groups in total. The zero-order valence-corrected chi connectivity index (χ0v) is 12.8. The molecule has 2 saturated heterocycles. The standard InChI is InChI=1S/C18H19NOS/c20-17(14-9-15-6-7-16(10-14)21-15)11-13-4-1-3-12-5-2-8-19-18(12)13/h1-5,8,14-16H,6-7,9-11H2. The van der Waals surface area contributed by atoms with Crippen molar-refractivity contribution in [2.45, 2.75) is 42.6 Å². The average molecular weight is 297 g/mol. The van der Waals surface area contributed by atoms with Gasteiger partial charge in [0, 0.05) is 34.4 Å². The molecule has 2 atom stereocenters. The van der Waals surface area contributed by atoms with E-state index < -0.39 is 0 Å². The Kier molecular flexibility index (Phi) is 3.46. The number of carbonyl (C=O) groups is 1. The maximum Gasteiger partial charge on any atom is 0.140 e. The van der Waals surface area contributed by atoms with Gasteiger partial charge in [-0.15, -0.1) is 0 Å². The Morgan fingerprint density at radius 1 is 1.14 bits per heavy atom. The van der Waals surface area contributed by atoms with Crippen LogP contribution in [0.5, 0.6) is 0 Å². The van der Waals surface area contributed by atoms with Gasteiger partial charge in [0.05, 0.1) is 5.52 Å². The predicted molar refractivity (Wildman–Crippen MR) is 87.6 cm³/mol. The number of aromatic nitrogens is 1. The Balaban J connectivity index is 1.56. The highest BCUT2D eigenvalue weighted by Gasteiger charge is 2.37. The Morgan fingerprint density at radius 3 is 2.71 bits per heavy atom. The van der Waals surface area contributed by atoms with Crippen LogP contribution >= 0.6 is 11.8 Å². The van der Waals surface area contributed by atoms with Crippen LogP contribution in [-0.2, 0) is 11.2 Å². The number of pyridine rings is 1. The highest BCUT2D eigenvalue weighted by atomic mass is 32.2. The molecular weight excluding hydrogens is 278 g/mol. The molecule has 0 saturated carbocycles. The summed E-state index contributed by atoms with van der Waals surface area (Å²) in [6.07, 6.45) is 7.18. The van der Waals surface area contributed by atoms with E-state index in [1.54, 1.807) is 0 Å². The zero-order valence-electron chi connectivity index (χ0n) is 12.0. The fraction of sp³-hybridized carbons (Fsp3) is 0.444. The number of Topliss-reactive ketones (excluding diaryl/α,β-unsaturated/α-hetero) is 1. The molecule has 0 amide bonds. The van der Waals surface area contributed by atoms with Crippen molar-refractivity contribution in [3.63, 3.8) is 0 Å². The molecule has 0 spiro atoms. The monoisotopic (exact) mass is 297 g/mol. The summed E-state index contributed by atoms with van der Waals surface area (Å²) < 4.78 is 0. The Hall–Kier alpha value is -1.35. The molecule has 2 fully saturated rings. The second-order valence-electron chi connectivity index (χ2n) is 6.26. The molecule has 3 heteroatoms. The number of ketones is 1. The molecule has 2 aromatic rings. The van der Waals surface area contributed by atoms with E-state index in [9.17, 15) is 4.79 Å². The van der Waals surface area contributed by atoms with Gasteiger partial charge in [0.25, 0.3) is 0 Å². The summed E-state index contributed by atoms with van der Waals surface area (Å²) in [6, 6.07) is 10.2. The van der Waals surface area contributed by atoms with Crippen LogP contribution in [0.3, 0.4) is 0 Å².